The van der Waals surface area contributed by atoms with Gasteiger partial charge in [0.2, 0.25) is 0 Å². The van der Waals surface area contributed by atoms with Crippen LogP contribution < -0.4 is 4.74 Å². The maximum atomic E-state index is 13.0. The predicted molar refractivity (Wildman–Crippen MR) is 113 cm³/mol. The van der Waals surface area contributed by atoms with Crippen LogP contribution in [-0.4, -0.2) is 55.2 Å². The molecule has 0 aliphatic heterocycles. The number of alkyl halides is 3. The standard InChI is InChI=1S/C19H22N2O3S.C2HF3O2/c1-4-24-19-11-10-18-16(17(19)14-20(2)3)12-13-21(18)25(22,23)15-8-6-5-7-9-15;3-2(4,5)1(6)7/h5-13H,4,14H2,1-3H3;(H,6,7). The average Bonchev–Trinajstić information content (AvgIpc) is 3.15. The van der Waals surface area contributed by atoms with Crippen molar-refractivity contribution >= 4 is 26.9 Å². The third kappa shape index (κ3) is 5.80. The van der Waals surface area contributed by atoms with Crippen LogP contribution in [0, 0.1) is 0 Å². The first-order valence-corrected chi connectivity index (χ1v) is 10.8. The van der Waals surface area contributed by atoms with E-state index in [0.717, 1.165) is 16.7 Å². The molecule has 0 amide bonds. The lowest BCUT2D eigenvalue weighted by molar-refractivity contribution is -0.192. The van der Waals surface area contributed by atoms with E-state index in [0.29, 0.717) is 18.7 Å². The number of benzene rings is 2. The Morgan fingerprint density at radius 1 is 1.09 bits per heavy atom. The first-order valence-electron chi connectivity index (χ1n) is 9.40. The van der Waals surface area contributed by atoms with Crippen molar-refractivity contribution in [3.05, 3.63) is 60.3 Å². The summed E-state index contributed by atoms with van der Waals surface area (Å²) < 4.78 is 64.8. The van der Waals surface area contributed by atoms with Gasteiger partial charge in [-0.15, -0.1) is 0 Å². The average molecular weight is 472 g/mol. The molecule has 174 valence electrons. The number of aromatic nitrogens is 1. The van der Waals surface area contributed by atoms with E-state index in [2.05, 4.69) is 0 Å². The van der Waals surface area contributed by atoms with E-state index in [4.69, 9.17) is 14.6 Å². The zero-order valence-corrected chi connectivity index (χ0v) is 18.4. The number of carboxylic acids is 1. The van der Waals surface area contributed by atoms with Crippen LogP contribution in [0.3, 0.4) is 0 Å². The highest BCUT2D eigenvalue weighted by Crippen LogP contribution is 2.31. The molecule has 0 radical (unpaired) electrons. The van der Waals surface area contributed by atoms with E-state index in [-0.39, 0.29) is 4.90 Å². The summed E-state index contributed by atoms with van der Waals surface area (Å²) in [6.45, 7) is 3.17. The molecule has 0 atom stereocenters. The Hall–Kier alpha value is -3.05. The van der Waals surface area contributed by atoms with Crippen LogP contribution in [0.15, 0.2) is 59.6 Å². The third-order valence-corrected chi connectivity index (χ3v) is 5.93. The summed E-state index contributed by atoms with van der Waals surface area (Å²) in [4.78, 5) is 11.2. The highest BCUT2D eigenvalue weighted by atomic mass is 32.2. The van der Waals surface area contributed by atoms with Crippen LogP contribution in [0.4, 0.5) is 13.2 Å². The second kappa shape index (κ2) is 10.0. The van der Waals surface area contributed by atoms with Gasteiger partial charge >= 0.3 is 12.1 Å². The van der Waals surface area contributed by atoms with Gasteiger partial charge in [0.15, 0.2) is 0 Å². The fourth-order valence-corrected chi connectivity index (χ4v) is 4.29. The number of ether oxygens (including phenoxy) is 1. The number of rotatable bonds is 6. The van der Waals surface area contributed by atoms with E-state index in [1.54, 1.807) is 42.6 Å². The van der Waals surface area contributed by atoms with Crippen LogP contribution in [0.5, 0.6) is 5.75 Å². The van der Waals surface area contributed by atoms with E-state index >= 15 is 0 Å². The summed E-state index contributed by atoms with van der Waals surface area (Å²) >= 11 is 0. The molecule has 7 nitrogen and oxygen atoms in total. The molecule has 1 aromatic heterocycles. The minimum Gasteiger partial charge on any atom is -0.494 e. The molecule has 0 spiro atoms. The monoisotopic (exact) mass is 472 g/mol. The Labute approximate surface area is 183 Å². The van der Waals surface area contributed by atoms with Crippen molar-refractivity contribution in [2.45, 2.75) is 24.5 Å². The molecule has 11 heteroatoms. The Kier molecular flexibility index (Phi) is 7.92. The van der Waals surface area contributed by atoms with Crippen LogP contribution >= 0.6 is 0 Å². The molecule has 3 rings (SSSR count). The zero-order chi connectivity index (χ0) is 24.1. The lowest BCUT2D eigenvalue weighted by atomic mass is 10.1. The normalized spacial score (nSPS) is 11.8. The molecule has 3 aromatic rings. The number of carboxylic acid groups (broad SMARTS) is 1. The van der Waals surface area contributed by atoms with Crippen molar-refractivity contribution in [2.24, 2.45) is 0 Å². The Morgan fingerprint density at radius 3 is 2.19 bits per heavy atom. The predicted octanol–water partition coefficient (Wildman–Crippen LogP) is 3.97. The second-order valence-corrected chi connectivity index (χ2v) is 8.69. The summed E-state index contributed by atoms with van der Waals surface area (Å²) in [6, 6.07) is 14.0. The van der Waals surface area contributed by atoms with Gasteiger partial charge in [-0.3, -0.25) is 0 Å². The van der Waals surface area contributed by atoms with Crippen molar-refractivity contribution in [3.63, 3.8) is 0 Å². The van der Waals surface area contributed by atoms with Crippen molar-refractivity contribution in [1.82, 2.24) is 8.87 Å². The van der Waals surface area contributed by atoms with Crippen LogP contribution in [0.2, 0.25) is 0 Å². The minimum absolute atomic E-state index is 0.274. The summed E-state index contributed by atoms with van der Waals surface area (Å²) in [5.74, 6) is -1.97. The van der Waals surface area contributed by atoms with Gasteiger partial charge in [-0.05, 0) is 51.4 Å². The number of aliphatic carboxylic acids is 1. The van der Waals surface area contributed by atoms with Crippen molar-refractivity contribution in [1.29, 1.82) is 0 Å². The van der Waals surface area contributed by atoms with Gasteiger partial charge < -0.3 is 14.7 Å². The second-order valence-electron chi connectivity index (χ2n) is 6.88. The van der Waals surface area contributed by atoms with E-state index in [1.807, 2.05) is 38.1 Å². The summed E-state index contributed by atoms with van der Waals surface area (Å²) in [5.41, 5.74) is 1.65. The summed E-state index contributed by atoms with van der Waals surface area (Å²) in [6.07, 6.45) is -3.47. The molecule has 0 saturated carbocycles. The highest BCUT2D eigenvalue weighted by molar-refractivity contribution is 7.90. The molecule has 0 fully saturated rings. The summed E-state index contributed by atoms with van der Waals surface area (Å²) in [7, 11) is 0.327. The Morgan fingerprint density at radius 2 is 1.69 bits per heavy atom. The van der Waals surface area contributed by atoms with Gasteiger partial charge in [-0.25, -0.2) is 17.2 Å². The quantitative estimate of drug-likeness (QED) is 0.584. The molecule has 2 aromatic carbocycles. The lowest BCUT2D eigenvalue weighted by Gasteiger charge is -2.16. The molecule has 1 N–H and O–H groups in total. The van der Waals surface area contributed by atoms with Crippen molar-refractivity contribution in [3.8, 4) is 5.75 Å². The van der Waals surface area contributed by atoms with Crippen LogP contribution in [0.25, 0.3) is 10.9 Å². The first-order chi connectivity index (χ1) is 14.9. The van der Waals surface area contributed by atoms with Crippen LogP contribution in [0.1, 0.15) is 12.5 Å². The fraction of sp³-hybridized carbons (Fsp3) is 0.286. The molecular weight excluding hydrogens is 449 g/mol. The van der Waals surface area contributed by atoms with Crippen molar-refractivity contribution < 1.29 is 36.2 Å². The zero-order valence-electron chi connectivity index (χ0n) is 17.6. The maximum absolute atomic E-state index is 13.0. The fourth-order valence-electron chi connectivity index (χ4n) is 2.92. The Bertz CT molecular complexity index is 1170. The Balaban J connectivity index is 0.000000451. The molecule has 0 aliphatic carbocycles. The molecular formula is C21H23F3N2O5S. The van der Waals surface area contributed by atoms with Gasteiger partial charge in [0.25, 0.3) is 10.0 Å². The molecule has 0 unspecified atom stereocenters. The molecule has 32 heavy (non-hydrogen) atoms. The maximum Gasteiger partial charge on any atom is 0.490 e. The van der Waals surface area contributed by atoms with Gasteiger partial charge in [0.1, 0.15) is 5.75 Å². The van der Waals surface area contributed by atoms with Gasteiger partial charge in [0, 0.05) is 23.7 Å². The van der Waals surface area contributed by atoms with Gasteiger partial charge in [-0.2, -0.15) is 13.2 Å². The number of carbonyl (C=O) groups is 1. The van der Waals surface area contributed by atoms with Crippen molar-refractivity contribution in [2.75, 3.05) is 20.7 Å². The molecule has 0 saturated heterocycles. The molecule has 0 bridgehead atoms. The molecule has 0 aliphatic rings. The van der Waals surface area contributed by atoms with E-state index in [9.17, 15) is 21.6 Å². The summed E-state index contributed by atoms with van der Waals surface area (Å²) in [5, 5.41) is 8.01. The first kappa shape index (κ1) is 25.2. The molecule has 1 heterocycles. The van der Waals surface area contributed by atoms with Gasteiger partial charge in [0.05, 0.1) is 17.0 Å². The topological polar surface area (TPSA) is 88.8 Å². The SMILES string of the molecule is CCOc1ccc2c(ccn2S(=O)(=O)c2ccccc2)c1CN(C)C.O=C(O)C(F)(F)F. The number of nitrogens with zero attached hydrogens (tertiary/aromatic N) is 2. The van der Waals surface area contributed by atoms with E-state index < -0.39 is 22.2 Å². The van der Waals surface area contributed by atoms with Crippen LogP contribution in [-0.2, 0) is 21.4 Å². The number of halogens is 3. The minimum atomic E-state index is -5.08. The largest absolute Gasteiger partial charge is 0.494 e. The third-order valence-electron chi connectivity index (χ3n) is 4.22. The lowest BCUT2D eigenvalue weighted by Crippen LogP contribution is -2.21. The highest BCUT2D eigenvalue weighted by Gasteiger charge is 2.38. The van der Waals surface area contributed by atoms with Gasteiger partial charge in [-0.1, -0.05) is 18.2 Å². The smallest absolute Gasteiger partial charge is 0.490 e. The van der Waals surface area contributed by atoms with E-state index in [1.165, 1.54) is 3.97 Å². The number of hydrogen-bond donors (Lipinski definition) is 1. The number of fused-ring (bicyclic) bond motifs is 1. The number of hydrogen-bond acceptors (Lipinski definition) is 5.